The molecule has 0 aromatic rings. The third-order valence-corrected chi connectivity index (χ3v) is 2.23. The zero-order valence-corrected chi connectivity index (χ0v) is 11.2. The van der Waals surface area contributed by atoms with Crippen molar-refractivity contribution < 1.29 is 9.53 Å². The Kier molecular flexibility index (Phi) is 6.60. The Bertz CT molecular complexity index is 210. The van der Waals surface area contributed by atoms with Crippen molar-refractivity contribution in [3.8, 4) is 0 Å². The Morgan fingerprint density at radius 2 is 1.88 bits per heavy atom. The van der Waals surface area contributed by atoms with Gasteiger partial charge in [-0.05, 0) is 54.3 Å². The third kappa shape index (κ3) is 6.80. The summed E-state index contributed by atoms with van der Waals surface area (Å²) in [6.07, 6.45) is 2.71. The monoisotopic (exact) mass is 230 g/mol. The zero-order valence-electron chi connectivity index (χ0n) is 11.2. The van der Waals surface area contributed by atoms with Crippen molar-refractivity contribution in [1.82, 2.24) is 4.90 Å². The zero-order chi connectivity index (χ0) is 12.8. The molecule has 0 saturated carbocycles. The minimum atomic E-state index is -0.417. The highest BCUT2D eigenvalue weighted by atomic mass is 16.6. The number of nitrogens with two attached hydrogens (primary N) is 1. The molecule has 0 saturated heterocycles. The SMILES string of the molecule is CN(C)C(CCCCN)C(=O)OC(C)(C)C. The van der Waals surface area contributed by atoms with Crippen LogP contribution in [0.4, 0.5) is 0 Å². The fourth-order valence-electron chi connectivity index (χ4n) is 1.44. The van der Waals surface area contributed by atoms with Gasteiger partial charge >= 0.3 is 5.97 Å². The maximum atomic E-state index is 11.9. The molecule has 4 nitrogen and oxygen atoms in total. The predicted molar refractivity (Wildman–Crippen MR) is 66.2 cm³/mol. The van der Waals surface area contributed by atoms with E-state index in [-0.39, 0.29) is 12.0 Å². The topological polar surface area (TPSA) is 55.6 Å². The number of unbranched alkanes of at least 4 members (excludes halogenated alkanes) is 1. The highest BCUT2D eigenvalue weighted by Gasteiger charge is 2.26. The number of carbonyl (C=O) groups is 1. The van der Waals surface area contributed by atoms with Gasteiger partial charge in [0.05, 0.1) is 0 Å². The molecule has 1 unspecified atom stereocenters. The van der Waals surface area contributed by atoms with Crippen LogP contribution in [-0.4, -0.2) is 43.2 Å². The molecule has 1 atom stereocenters. The number of hydrogen-bond donors (Lipinski definition) is 1. The van der Waals surface area contributed by atoms with E-state index < -0.39 is 5.60 Å². The summed E-state index contributed by atoms with van der Waals surface area (Å²) in [7, 11) is 3.80. The predicted octanol–water partition coefficient (Wildman–Crippen LogP) is 1.39. The van der Waals surface area contributed by atoms with Crippen molar-refractivity contribution in [2.45, 2.75) is 51.7 Å². The highest BCUT2D eigenvalue weighted by Crippen LogP contribution is 2.13. The molecule has 0 bridgehead atoms. The first kappa shape index (κ1) is 15.4. The van der Waals surface area contributed by atoms with Gasteiger partial charge in [-0.25, -0.2) is 0 Å². The minimum Gasteiger partial charge on any atom is -0.459 e. The van der Waals surface area contributed by atoms with E-state index in [0.717, 1.165) is 19.3 Å². The molecule has 0 fully saturated rings. The van der Waals surface area contributed by atoms with Gasteiger partial charge in [-0.1, -0.05) is 6.42 Å². The fourth-order valence-corrected chi connectivity index (χ4v) is 1.44. The van der Waals surface area contributed by atoms with Crippen LogP contribution in [-0.2, 0) is 9.53 Å². The highest BCUT2D eigenvalue weighted by molar-refractivity contribution is 5.76. The Hall–Kier alpha value is -0.610. The molecule has 16 heavy (non-hydrogen) atoms. The fraction of sp³-hybridized carbons (Fsp3) is 0.917. The Balaban J connectivity index is 4.25. The van der Waals surface area contributed by atoms with E-state index in [0.29, 0.717) is 6.54 Å². The van der Waals surface area contributed by atoms with E-state index >= 15 is 0 Å². The van der Waals surface area contributed by atoms with E-state index in [1.54, 1.807) is 0 Å². The van der Waals surface area contributed by atoms with Crippen molar-refractivity contribution in [3.05, 3.63) is 0 Å². The summed E-state index contributed by atoms with van der Waals surface area (Å²) in [5, 5.41) is 0. The molecule has 0 aromatic heterocycles. The number of likely N-dealkylation sites (N-methyl/N-ethyl adjacent to an activating group) is 1. The standard InChI is InChI=1S/C12H26N2O2/c1-12(2,3)16-11(15)10(14(4)5)8-6-7-9-13/h10H,6-9,13H2,1-5H3. The maximum Gasteiger partial charge on any atom is 0.323 e. The number of hydrogen-bond acceptors (Lipinski definition) is 4. The van der Waals surface area contributed by atoms with Crippen LogP contribution in [0, 0.1) is 0 Å². The van der Waals surface area contributed by atoms with Crippen LogP contribution in [0.5, 0.6) is 0 Å². The number of carbonyl (C=O) groups excluding carboxylic acids is 1. The summed E-state index contributed by atoms with van der Waals surface area (Å²) >= 11 is 0. The van der Waals surface area contributed by atoms with Gasteiger partial charge in [0.25, 0.3) is 0 Å². The number of esters is 1. The second-order valence-electron chi connectivity index (χ2n) is 5.30. The Labute approximate surface area is 99.1 Å². The van der Waals surface area contributed by atoms with E-state index in [1.807, 2.05) is 39.8 Å². The first-order valence-electron chi connectivity index (χ1n) is 5.87. The molecule has 0 rings (SSSR count). The third-order valence-electron chi connectivity index (χ3n) is 2.23. The van der Waals surface area contributed by atoms with Gasteiger partial charge in [-0.2, -0.15) is 0 Å². The molecular weight excluding hydrogens is 204 g/mol. The molecule has 96 valence electrons. The lowest BCUT2D eigenvalue weighted by molar-refractivity contribution is -0.160. The molecule has 2 N–H and O–H groups in total. The quantitative estimate of drug-likeness (QED) is 0.553. The molecule has 0 aliphatic heterocycles. The molecule has 0 aliphatic carbocycles. The van der Waals surface area contributed by atoms with Crippen LogP contribution >= 0.6 is 0 Å². The van der Waals surface area contributed by atoms with E-state index in [4.69, 9.17) is 10.5 Å². The molecule has 0 heterocycles. The summed E-state index contributed by atoms with van der Waals surface area (Å²) in [5.41, 5.74) is 5.02. The van der Waals surface area contributed by atoms with Crippen LogP contribution in [0.15, 0.2) is 0 Å². The van der Waals surface area contributed by atoms with Crippen molar-refractivity contribution in [2.75, 3.05) is 20.6 Å². The molecule has 0 spiro atoms. The van der Waals surface area contributed by atoms with Crippen molar-refractivity contribution in [2.24, 2.45) is 5.73 Å². The molecule has 0 amide bonds. The normalized spacial score (nSPS) is 13.9. The van der Waals surface area contributed by atoms with Crippen molar-refractivity contribution in [3.63, 3.8) is 0 Å². The summed E-state index contributed by atoms with van der Waals surface area (Å²) in [6.45, 7) is 6.33. The van der Waals surface area contributed by atoms with Gasteiger partial charge < -0.3 is 10.5 Å². The smallest absolute Gasteiger partial charge is 0.323 e. The molecular formula is C12H26N2O2. The van der Waals surface area contributed by atoms with Crippen LogP contribution in [0.25, 0.3) is 0 Å². The average Bonchev–Trinajstić information content (AvgIpc) is 2.08. The van der Waals surface area contributed by atoms with E-state index in [2.05, 4.69) is 0 Å². The van der Waals surface area contributed by atoms with Crippen LogP contribution in [0.1, 0.15) is 40.0 Å². The van der Waals surface area contributed by atoms with Gasteiger partial charge in [0.1, 0.15) is 11.6 Å². The van der Waals surface area contributed by atoms with E-state index in [1.165, 1.54) is 0 Å². The lowest BCUT2D eigenvalue weighted by Gasteiger charge is -2.27. The van der Waals surface area contributed by atoms with Crippen molar-refractivity contribution in [1.29, 1.82) is 0 Å². The summed E-state index contributed by atoms with van der Waals surface area (Å²) in [4.78, 5) is 13.8. The van der Waals surface area contributed by atoms with Gasteiger partial charge in [-0.3, -0.25) is 9.69 Å². The summed E-state index contributed by atoms with van der Waals surface area (Å²) in [6, 6.07) is -0.161. The molecule has 0 aliphatic rings. The molecule has 0 aromatic carbocycles. The van der Waals surface area contributed by atoms with Crippen LogP contribution in [0.2, 0.25) is 0 Å². The van der Waals surface area contributed by atoms with Gasteiger partial charge in [0.2, 0.25) is 0 Å². The number of ether oxygens (including phenoxy) is 1. The van der Waals surface area contributed by atoms with Crippen LogP contribution < -0.4 is 5.73 Å². The number of nitrogens with zero attached hydrogens (tertiary/aromatic N) is 1. The first-order chi connectivity index (χ1) is 7.28. The average molecular weight is 230 g/mol. The second kappa shape index (κ2) is 6.86. The van der Waals surface area contributed by atoms with Crippen LogP contribution in [0.3, 0.4) is 0 Å². The Morgan fingerprint density at radius 1 is 1.31 bits per heavy atom. The summed E-state index contributed by atoms with van der Waals surface area (Å²) < 4.78 is 5.38. The summed E-state index contributed by atoms with van der Waals surface area (Å²) in [5.74, 6) is -0.144. The largest absolute Gasteiger partial charge is 0.459 e. The van der Waals surface area contributed by atoms with E-state index in [9.17, 15) is 4.79 Å². The van der Waals surface area contributed by atoms with Crippen molar-refractivity contribution >= 4 is 5.97 Å². The molecule has 4 heteroatoms. The first-order valence-corrected chi connectivity index (χ1v) is 5.87. The maximum absolute atomic E-state index is 11.9. The van der Waals surface area contributed by atoms with Gasteiger partial charge in [0.15, 0.2) is 0 Å². The molecule has 0 radical (unpaired) electrons. The minimum absolute atomic E-state index is 0.144. The number of rotatable bonds is 6. The second-order valence-corrected chi connectivity index (χ2v) is 5.30. The lowest BCUT2D eigenvalue weighted by atomic mass is 10.1. The van der Waals surface area contributed by atoms with Gasteiger partial charge in [0, 0.05) is 0 Å². The Morgan fingerprint density at radius 3 is 2.25 bits per heavy atom. The van der Waals surface area contributed by atoms with Gasteiger partial charge in [-0.15, -0.1) is 0 Å². The lowest BCUT2D eigenvalue weighted by Crippen LogP contribution is -2.40.